The molecule has 0 radical (unpaired) electrons. The normalized spacial score (nSPS) is 10.4. The van der Waals surface area contributed by atoms with E-state index in [1.165, 1.54) is 5.56 Å². The predicted octanol–water partition coefficient (Wildman–Crippen LogP) is 2.01. The maximum Gasteiger partial charge on any atom is 0.251 e. The van der Waals surface area contributed by atoms with E-state index in [0.717, 1.165) is 17.1 Å². The number of amides is 1. The van der Waals surface area contributed by atoms with Crippen LogP contribution in [0.15, 0.2) is 24.3 Å². The molecule has 0 bridgehead atoms. The number of rotatable bonds is 4. The molecule has 0 spiro atoms. The van der Waals surface area contributed by atoms with Crippen molar-refractivity contribution in [1.82, 2.24) is 15.1 Å². The molecule has 1 aromatic heterocycles. The molecule has 0 aliphatic heterocycles. The summed E-state index contributed by atoms with van der Waals surface area (Å²) in [5.74, 6) is -0.0811. The van der Waals surface area contributed by atoms with Gasteiger partial charge in [-0.1, -0.05) is 6.07 Å². The van der Waals surface area contributed by atoms with Gasteiger partial charge in [0.2, 0.25) is 0 Å². The second kappa shape index (κ2) is 5.77. The average molecular weight is 272 g/mol. The number of carbonyl (C=O) groups is 1. The van der Waals surface area contributed by atoms with Crippen LogP contribution in [0.2, 0.25) is 0 Å². The Balaban J connectivity index is 2.13. The second-order valence-electron chi connectivity index (χ2n) is 4.79. The SMILES string of the molecule is CNC(=O)c1cccc(NCc2c(C)nn(C)c2C)c1. The summed E-state index contributed by atoms with van der Waals surface area (Å²) in [7, 11) is 3.57. The van der Waals surface area contributed by atoms with E-state index >= 15 is 0 Å². The van der Waals surface area contributed by atoms with Crippen LogP contribution in [0.5, 0.6) is 0 Å². The number of anilines is 1. The number of aromatic nitrogens is 2. The van der Waals surface area contributed by atoms with Gasteiger partial charge in [-0.25, -0.2) is 0 Å². The molecule has 1 amide bonds. The molecular formula is C15H20N4O. The molecular weight excluding hydrogens is 252 g/mol. The molecule has 5 heteroatoms. The number of nitrogens with zero attached hydrogens (tertiary/aromatic N) is 2. The molecule has 2 rings (SSSR count). The Labute approximate surface area is 119 Å². The van der Waals surface area contributed by atoms with Gasteiger partial charge >= 0.3 is 0 Å². The van der Waals surface area contributed by atoms with Gasteiger partial charge in [-0.2, -0.15) is 5.10 Å². The summed E-state index contributed by atoms with van der Waals surface area (Å²) < 4.78 is 1.88. The Hall–Kier alpha value is -2.30. The lowest BCUT2D eigenvalue weighted by Gasteiger charge is -2.08. The van der Waals surface area contributed by atoms with Gasteiger partial charge in [0, 0.05) is 43.1 Å². The van der Waals surface area contributed by atoms with Crippen molar-refractivity contribution in [2.24, 2.45) is 7.05 Å². The largest absolute Gasteiger partial charge is 0.381 e. The molecule has 1 aromatic carbocycles. The number of hydrogen-bond acceptors (Lipinski definition) is 3. The molecule has 0 aliphatic rings. The third kappa shape index (κ3) is 2.82. The van der Waals surface area contributed by atoms with Gasteiger partial charge < -0.3 is 10.6 Å². The minimum atomic E-state index is -0.0811. The standard InChI is InChI=1S/C15H20N4O/c1-10-14(11(2)19(4)18-10)9-17-13-7-5-6-12(8-13)15(20)16-3/h5-8,17H,9H2,1-4H3,(H,16,20). The summed E-state index contributed by atoms with van der Waals surface area (Å²) in [6.45, 7) is 4.76. The van der Waals surface area contributed by atoms with E-state index in [9.17, 15) is 4.79 Å². The highest BCUT2D eigenvalue weighted by Crippen LogP contribution is 2.16. The lowest BCUT2D eigenvalue weighted by molar-refractivity contribution is 0.0963. The predicted molar refractivity (Wildman–Crippen MR) is 79.8 cm³/mol. The maximum absolute atomic E-state index is 11.6. The van der Waals surface area contributed by atoms with Gasteiger partial charge in [-0.05, 0) is 32.0 Å². The lowest BCUT2D eigenvalue weighted by Crippen LogP contribution is -2.17. The highest BCUT2D eigenvalue weighted by molar-refractivity contribution is 5.94. The van der Waals surface area contributed by atoms with E-state index in [0.29, 0.717) is 12.1 Å². The monoisotopic (exact) mass is 272 g/mol. The Morgan fingerprint density at radius 1 is 1.35 bits per heavy atom. The summed E-state index contributed by atoms with van der Waals surface area (Å²) in [6.07, 6.45) is 0. The van der Waals surface area contributed by atoms with Crippen molar-refractivity contribution in [2.45, 2.75) is 20.4 Å². The van der Waals surface area contributed by atoms with Crippen LogP contribution in [0.1, 0.15) is 27.3 Å². The second-order valence-corrected chi connectivity index (χ2v) is 4.79. The fraction of sp³-hybridized carbons (Fsp3) is 0.333. The first kappa shape index (κ1) is 14.1. The van der Waals surface area contributed by atoms with Gasteiger partial charge in [-0.15, -0.1) is 0 Å². The Kier molecular flexibility index (Phi) is 4.08. The van der Waals surface area contributed by atoms with Crippen molar-refractivity contribution in [2.75, 3.05) is 12.4 Å². The van der Waals surface area contributed by atoms with E-state index in [1.54, 1.807) is 13.1 Å². The minimum Gasteiger partial charge on any atom is -0.381 e. The number of aryl methyl sites for hydroxylation is 2. The molecule has 0 atom stereocenters. The number of benzene rings is 1. The average Bonchev–Trinajstić information content (AvgIpc) is 2.69. The van der Waals surface area contributed by atoms with Crippen LogP contribution in [0.25, 0.3) is 0 Å². The van der Waals surface area contributed by atoms with Crippen molar-refractivity contribution in [1.29, 1.82) is 0 Å². The molecule has 0 unspecified atom stereocenters. The Morgan fingerprint density at radius 3 is 2.70 bits per heavy atom. The van der Waals surface area contributed by atoms with Crippen LogP contribution in [-0.4, -0.2) is 22.7 Å². The molecule has 2 N–H and O–H groups in total. The Morgan fingerprint density at radius 2 is 2.10 bits per heavy atom. The maximum atomic E-state index is 11.6. The molecule has 1 heterocycles. The fourth-order valence-corrected chi connectivity index (χ4v) is 2.18. The fourth-order valence-electron chi connectivity index (χ4n) is 2.18. The lowest BCUT2D eigenvalue weighted by atomic mass is 10.1. The Bertz CT molecular complexity index is 631. The molecule has 5 nitrogen and oxygen atoms in total. The zero-order valence-electron chi connectivity index (χ0n) is 12.3. The number of hydrogen-bond donors (Lipinski definition) is 2. The number of carbonyl (C=O) groups excluding carboxylic acids is 1. The van der Waals surface area contributed by atoms with Crippen molar-refractivity contribution < 1.29 is 4.79 Å². The van der Waals surface area contributed by atoms with Crippen molar-refractivity contribution in [3.05, 3.63) is 46.8 Å². The van der Waals surface area contributed by atoms with Crippen LogP contribution in [0.3, 0.4) is 0 Å². The van der Waals surface area contributed by atoms with Crippen molar-refractivity contribution >= 4 is 11.6 Å². The van der Waals surface area contributed by atoms with Gasteiger partial charge in [0.15, 0.2) is 0 Å². The van der Waals surface area contributed by atoms with Gasteiger partial charge in [0.25, 0.3) is 5.91 Å². The van der Waals surface area contributed by atoms with Crippen LogP contribution in [-0.2, 0) is 13.6 Å². The van der Waals surface area contributed by atoms with Crippen LogP contribution in [0.4, 0.5) is 5.69 Å². The van der Waals surface area contributed by atoms with Crippen molar-refractivity contribution in [3.63, 3.8) is 0 Å². The van der Waals surface area contributed by atoms with Crippen molar-refractivity contribution in [3.8, 4) is 0 Å². The van der Waals surface area contributed by atoms with E-state index in [2.05, 4.69) is 22.7 Å². The smallest absolute Gasteiger partial charge is 0.251 e. The van der Waals surface area contributed by atoms with E-state index in [4.69, 9.17) is 0 Å². The summed E-state index contributed by atoms with van der Waals surface area (Å²) in [5.41, 5.74) is 4.95. The minimum absolute atomic E-state index is 0.0811. The van der Waals surface area contributed by atoms with Crippen LogP contribution < -0.4 is 10.6 Å². The number of nitrogens with one attached hydrogen (secondary N) is 2. The third-order valence-corrected chi connectivity index (χ3v) is 3.48. The molecule has 0 saturated carbocycles. The first-order valence-corrected chi connectivity index (χ1v) is 6.58. The molecule has 0 fully saturated rings. The topological polar surface area (TPSA) is 59.0 Å². The molecule has 0 aliphatic carbocycles. The van der Waals surface area contributed by atoms with Gasteiger partial charge in [-0.3, -0.25) is 9.48 Å². The zero-order chi connectivity index (χ0) is 14.7. The summed E-state index contributed by atoms with van der Waals surface area (Å²) in [4.78, 5) is 11.6. The summed E-state index contributed by atoms with van der Waals surface area (Å²) >= 11 is 0. The zero-order valence-corrected chi connectivity index (χ0v) is 12.3. The highest BCUT2D eigenvalue weighted by Gasteiger charge is 2.09. The highest BCUT2D eigenvalue weighted by atomic mass is 16.1. The van der Waals surface area contributed by atoms with E-state index < -0.39 is 0 Å². The van der Waals surface area contributed by atoms with Gasteiger partial charge in [0.05, 0.1) is 5.69 Å². The summed E-state index contributed by atoms with van der Waals surface area (Å²) in [5, 5.41) is 10.4. The molecule has 20 heavy (non-hydrogen) atoms. The first-order chi connectivity index (χ1) is 9.52. The van der Waals surface area contributed by atoms with Crippen LogP contribution in [0, 0.1) is 13.8 Å². The van der Waals surface area contributed by atoms with Gasteiger partial charge in [0.1, 0.15) is 0 Å². The molecule has 2 aromatic rings. The quantitative estimate of drug-likeness (QED) is 0.895. The molecule has 0 saturated heterocycles. The van der Waals surface area contributed by atoms with Crippen LogP contribution >= 0.6 is 0 Å². The van der Waals surface area contributed by atoms with E-state index in [-0.39, 0.29) is 5.91 Å². The summed E-state index contributed by atoms with van der Waals surface area (Å²) in [6, 6.07) is 7.47. The van der Waals surface area contributed by atoms with E-state index in [1.807, 2.05) is 36.9 Å². The molecule has 106 valence electrons. The first-order valence-electron chi connectivity index (χ1n) is 6.58. The third-order valence-electron chi connectivity index (χ3n) is 3.48.